The van der Waals surface area contributed by atoms with Gasteiger partial charge in [0.1, 0.15) is 11.2 Å². The van der Waals surface area contributed by atoms with Crippen molar-refractivity contribution >= 4 is 89.4 Å². The summed E-state index contributed by atoms with van der Waals surface area (Å²) in [6.45, 7) is 13.9. The van der Waals surface area contributed by atoms with Gasteiger partial charge < -0.3 is 13.8 Å². The molecule has 0 saturated heterocycles. The first kappa shape index (κ1) is 29.9. The molecule has 0 fully saturated rings. The Bertz CT molecular complexity index is 2970. The van der Waals surface area contributed by atoms with Crippen molar-refractivity contribution in [3.63, 3.8) is 0 Å². The van der Waals surface area contributed by atoms with E-state index in [1.807, 2.05) is 0 Å². The molecule has 9 aromatic rings. The summed E-state index contributed by atoms with van der Waals surface area (Å²) in [5, 5.41) is 7.49. The van der Waals surface area contributed by atoms with Gasteiger partial charge in [0.05, 0.1) is 0 Å². The molecule has 3 nitrogen and oxygen atoms in total. The van der Waals surface area contributed by atoms with E-state index in [0.29, 0.717) is 0 Å². The van der Waals surface area contributed by atoms with Crippen LogP contribution in [-0.4, -0.2) is 11.3 Å². The van der Waals surface area contributed by atoms with Gasteiger partial charge in [-0.1, -0.05) is 133 Å². The first-order valence-electron chi connectivity index (χ1n) is 18.6. The highest BCUT2D eigenvalue weighted by molar-refractivity contribution is 6.92. The van der Waals surface area contributed by atoms with Crippen LogP contribution in [0, 0.1) is 0 Å². The molecule has 0 amide bonds. The van der Waals surface area contributed by atoms with Gasteiger partial charge in [0.2, 0.25) is 0 Å². The molecule has 2 aliphatic heterocycles. The number of rotatable bonds is 1. The summed E-state index contributed by atoms with van der Waals surface area (Å²) in [5.41, 5.74) is 15.8. The van der Waals surface area contributed by atoms with Gasteiger partial charge in [-0.05, 0) is 79.6 Å². The number of fused-ring (bicyclic) bond motifs is 13. The van der Waals surface area contributed by atoms with E-state index >= 15 is 0 Å². The van der Waals surface area contributed by atoms with Crippen LogP contribution in [0.15, 0.2) is 132 Å². The maximum Gasteiger partial charge on any atom is 0.333 e. The van der Waals surface area contributed by atoms with Gasteiger partial charge in [0.15, 0.2) is 0 Å². The van der Waals surface area contributed by atoms with Gasteiger partial charge in [-0.15, -0.1) is 0 Å². The summed E-state index contributed by atoms with van der Waals surface area (Å²) >= 11 is 0. The van der Waals surface area contributed by atoms with Crippen molar-refractivity contribution in [1.82, 2.24) is 4.48 Å². The Morgan fingerprint density at radius 2 is 1.21 bits per heavy atom. The molecule has 250 valence electrons. The van der Waals surface area contributed by atoms with Crippen LogP contribution < -0.4 is 15.8 Å². The lowest BCUT2D eigenvalue weighted by Crippen LogP contribution is -2.57. The molecule has 2 aromatic heterocycles. The number of para-hydroxylation sites is 3. The summed E-state index contributed by atoms with van der Waals surface area (Å²) in [6.07, 6.45) is 0. The zero-order valence-electron chi connectivity index (χ0n) is 30.5. The molecule has 4 heteroatoms. The Kier molecular flexibility index (Phi) is 5.75. The van der Waals surface area contributed by atoms with Crippen LogP contribution in [0.3, 0.4) is 0 Å². The highest BCUT2D eigenvalue weighted by atomic mass is 16.3. The van der Waals surface area contributed by atoms with Crippen molar-refractivity contribution in [2.24, 2.45) is 0 Å². The first-order valence-corrected chi connectivity index (χ1v) is 18.6. The molecular formula is C48H39BN2O. The molecule has 2 aliphatic rings. The fraction of sp³-hybridized carbons (Fsp3) is 0.167. The van der Waals surface area contributed by atoms with Crippen LogP contribution in [-0.2, 0) is 10.8 Å². The monoisotopic (exact) mass is 670 g/mol. The van der Waals surface area contributed by atoms with Crippen molar-refractivity contribution in [2.75, 3.05) is 4.90 Å². The zero-order valence-corrected chi connectivity index (χ0v) is 30.5. The van der Waals surface area contributed by atoms with Crippen LogP contribution in [0.2, 0.25) is 0 Å². The highest BCUT2D eigenvalue weighted by Crippen LogP contribution is 2.50. The van der Waals surface area contributed by atoms with Gasteiger partial charge in [0, 0.05) is 61.3 Å². The Morgan fingerprint density at radius 3 is 1.98 bits per heavy atom. The maximum absolute atomic E-state index is 6.83. The third-order valence-electron chi connectivity index (χ3n) is 11.8. The minimum Gasteiger partial charge on any atom is -0.456 e. The minimum atomic E-state index is -0.0504. The average Bonchev–Trinajstić information content (AvgIpc) is 3.68. The molecule has 0 aliphatic carbocycles. The Morgan fingerprint density at radius 1 is 0.538 bits per heavy atom. The Labute approximate surface area is 304 Å². The molecule has 0 saturated carbocycles. The second-order valence-corrected chi connectivity index (χ2v) is 17.0. The third-order valence-corrected chi connectivity index (χ3v) is 11.8. The molecule has 0 unspecified atom stereocenters. The lowest BCUT2D eigenvalue weighted by molar-refractivity contribution is 0.569. The fourth-order valence-electron chi connectivity index (χ4n) is 9.34. The number of hydrogen-bond donors (Lipinski definition) is 0. The van der Waals surface area contributed by atoms with E-state index in [9.17, 15) is 0 Å². The third kappa shape index (κ3) is 3.87. The number of aromatic nitrogens is 1. The van der Waals surface area contributed by atoms with Gasteiger partial charge in [-0.3, -0.25) is 0 Å². The second-order valence-electron chi connectivity index (χ2n) is 17.0. The molecule has 0 N–H and O–H groups in total. The molecule has 0 atom stereocenters. The molecule has 11 rings (SSSR count). The summed E-state index contributed by atoms with van der Waals surface area (Å²) in [7, 11) is 0. The SMILES string of the molecule is CC(C)(C)c1cc(N2c3cc4oc5ccccc5c4c4c3B(c3c2ccc2ccccc32)n2c3ccccc3c3cccc-4c32)cc(C(C)(C)C)c1. The van der Waals surface area contributed by atoms with Gasteiger partial charge >= 0.3 is 6.85 Å². The number of furan rings is 1. The van der Waals surface area contributed by atoms with E-state index in [4.69, 9.17) is 4.42 Å². The Balaban J connectivity index is 1.39. The standard InChI is InChI=1S/C48H39BN2O/c1-47(2,3)29-24-30(48(4,5)6)26-31(25-29)50-38-23-22-28-14-7-8-15-32(28)44(38)49-45-39(50)27-41-42(35-17-10-12-21-40(35)52-41)43(45)36-19-13-18-34-33-16-9-11-20-37(33)51(49)46(34)36/h7-27H,1-6H3. The summed E-state index contributed by atoms with van der Waals surface area (Å²) in [6, 6.07) is 47.7. The highest BCUT2D eigenvalue weighted by Gasteiger charge is 2.45. The van der Waals surface area contributed by atoms with E-state index in [2.05, 4.69) is 178 Å². The number of hydrogen-bond acceptors (Lipinski definition) is 2. The normalized spacial score (nSPS) is 13.9. The lowest BCUT2D eigenvalue weighted by atomic mass is 9.44. The van der Waals surface area contributed by atoms with Crippen molar-refractivity contribution in [2.45, 2.75) is 52.4 Å². The predicted molar refractivity (Wildman–Crippen MR) is 222 cm³/mol. The van der Waals surface area contributed by atoms with Crippen LogP contribution in [0.4, 0.5) is 17.1 Å². The van der Waals surface area contributed by atoms with Crippen molar-refractivity contribution < 1.29 is 4.42 Å². The molecular weight excluding hydrogens is 631 g/mol. The quantitative estimate of drug-likeness (QED) is 0.162. The topological polar surface area (TPSA) is 21.3 Å². The number of benzene rings is 7. The molecule has 7 aromatic carbocycles. The molecule has 4 heterocycles. The molecule has 0 spiro atoms. The van der Waals surface area contributed by atoms with E-state index in [-0.39, 0.29) is 17.7 Å². The lowest BCUT2D eigenvalue weighted by Gasteiger charge is -2.41. The summed E-state index contributed by atoms with van der Waals surface area (Å²) < 4.78 is 9.49. The van der Waals surface area contributed by atoms with Crippen LogP contribution in [0.5, 0.6) is 0 Å². The van der Waals surface area contributed by atoms with Gasteiger partial charge in [-0.25, -0.2) is 0 Å². The van der Waals surface area contributed by atoms with E-state index < -0.39 is 0 Å². The fourth-order valence-corrected chi connectivity index (χ4v) is 9.34. The second kappa shape index (κ2) is 9.98. The van der Waals surface area contributed by atoms with Gasteiger partial charge in [-0.2, -0.15) is 0 Å². The maximum atomic E-state index is 6.83. The average molecular weight is 671 g/mol. The first-order chi connectivity index (χ1) is 25.1. The molecule has 0 radical (unpaired) electrons. The predicted octanol–water partition coefficient (Wildman–Crippen LogP) is 11.9. The van der Waals surface area contributed by atoms with Crippen molar-refractivity contribution in [3.05, 3.63) is 139 Å². The largest absolute Gasteiger partial charge is 0.456 e. The van der Waals surface area contributed by atoms with Crippen molar-refractivity contribution in [3.8, 4) is 11.1 Å². The number of nitrogens with zero attached hydrogens (tertiary/aromatic N) is 2. The summed E-state index contributed by atoms with van der Waals surface area (Å²) in [5.74, 6) is 0. The van der Waals surface area contributed by atoms with E-state index in [0.717, 1.165) is 16.6 Å². The Hall–Kier alpha value is -5.74. The van der Waals surface area contributed by atoms with Crippen LogP contribution in [0.25, 0.3) is 65.6 Å². The smallest absolute Gasteiger partial charge is 0.333 e. The van der Waals surface area contributed by atoms with Crippen LogP contribution >= 0.6 is 0 Å². The number of anilines is 3. The molecule has 52 heavy (non-hydrogen) atoms. The van der Waals surface area contributed by atoms with Crippen molar-refractivity contribution in [1.29, 1.82) is 0 Å². The van der Waals surface area contributed by atoms with E-state index in [1.54, 1.807) is 0 Å². The molecule has 0 bridgehead atoms. The zero-order chi connectivity index (χ0) is 35.3. The van der Waals surface area contributed by atoms with E-state index in [1.165, 1.54) is 88.2 Å². The van der Waals surface area contributed by atoms with Crippen LogP contribution in [0.1, 0.15) is 52.7 Å². The minimum absolute atomic E-state index is 0.0305. The van der Waals surface area contributed by atoms with Gasteiger partial charge in [0.25, 0.3) is 0 Å². The summed E-state index contributed by atoms with van der Waals surface area (Å²) in [4.78, 5) is 2.56.